The summed E-state index contributed by atoms with van der Waals surface area (Å²) in [5, 5.41) is 4.89. The van der Waals surface area contributed by atoms with Crippen LogP contribution in [0.4, 0.5) is 9.18 Å². The second-order valence-electron chi connectivity index (χ2n) is 7.13. The number of imide groups is 1. The minimum absolute atomic E-state index is 0.0597. The molecule has 6 nitrogen and oxygen atoms in total. The predicted octanol–water partition coefficient (Wildman–Crippen LogP) is 1.38. The van der Waals surface area contributed by atoms with Crippen LogP contribution in [0.25, 0.3) is 0 Å². The fourth-order valence-corrected chi connectivity index (χ4v) is 4.05. The molecule has 0 spiro atoms. The molecule has 25 heavy (non-hydrogen) atoms. The number of hydrogen-bond donors (Lipinski definition) is 2. The largest absolute Gasteiger partial charge is 0.342 e. The summed E-state index contributed by atoms with van der Waals surface area (Å²) in [4.78, 5) is 37.7. The average Bonchev–Trinajstić information content (AvgIpc) is 3.33. The molecule has 3 fully saturated rings. The predicted molar refractivity (Wildman–Crippen MR) is 87.0 cm³/mol. The number of amides is 4. The van der Waals surface area contributed by atoms with Crippen molar-refractivity contribution in [2.45, 2.75) is 31.2 Å². The number of urea groups is 1. The molecular weight excluding hydrogens is 325 g/mol. The van der Waals surface area contributed by atoms with Crippen molar-refractivity contribution in [3.05, 3.63) is 35.6 Å². The lowest BCUT2D eigenvalue weighted by molar-refractivity contribution is -0.135. The summed E-state index contributed by atoms with van der Waals surface area (Å²) >= 11 is 0. The molecule has 2 saturated heterocycles. The van der Waals surface area contributed by atoms with Gasteiger partial charge in [0.2, 0.25) is 5.91 Å². The van der Waals surface area contributed by atoms with Gasteiger partial charge in [0.1, 0.15) is 11.9 Å². The molecule has 4 rings (SSSR count). The minimum atomic E-state index is -0.554. The summed E-state index contributed by atoms with van der Waals surface area (Å²) in [5.74, 6) is -0.602. The van der Waals surface area contributed by atoms with Crippen molar-refractivity contribution in [3.63, 3.8) is 0 Å². The number of piperidine rings is 1. The van der Waals surface area contributed by atoms with Gasteiger partial charge in [-0.25, -0.2) is 9.18 Å². The molecule has 0 radical (unpaired) electrons. The van der Waals surface area contributed by atoms with E-state index in [0.29, 0.717) is 13.1 Å². The Kier molecular flexibility index (Phi) is 3.94. The first-order valence-electron chi connectivity index (χ1n) is 8.68. The van der Waals surface area contributed by atoms with E-state index >= 15 is 0 Å². The second kappa shape index (κ2) is 6.13. The van der Waals surface area contributed by atoms with Crippen molar-refractivity contribution in [2.75, 3.05) is 13.1 Å². The number of nitrogens with one attached hydrogen (secondary N) is 2. The zero-order chi connectivity index (χ0) is 17.6. The maximum Gasteiger partial charge on any atom is 0.322 e. The molecule has 2 heterocycles. The molecule has 4 unspecified atom stereocenters. The van der Waals surface area contributed by atoms with Gasteiger partial charge in [-0.15, -0.1) is 0 Å². The van der Waals surface area contributed by atoms with Crippen molar-refractivity contribution in [1.29, 1.82) is 0 Å². The summed E-state index contributed by atoms with van der Waals surface area (Å²) in [7, 11) is 0. The number of rotatable bonds is 3. The quantitative estimate of drug-likeness (QED) is 0.813. The normalized spacial score (nSPS) is 31.5. The smallest absolute Gasteiger partial charge is 0.322 e. The van der Waals surface area contributed by atoms with Crippen LogP contribution in [0.15, 0.2) is 24.3 Å². The summed E-state index contributed by atoms with van der Waals surface area (Å²) in [5.41, 5.74) is 0.870. The summed E-state index contributed by atoms with van der Waals surface area (Å²) in [6.07, 6.45) is 2.36. The highest BCUT2D eigenvalue weighted by Crippen LogP contribution is 2.48. The Morgan fingerprint density at radius 2 is 2.12 bits per heavy atom. The first-order valence-corrected chi connectivity index (χ1v) is 8.68. The molecule has 4 atom stereocenters. The standard InChI is InChI=1S/C18H20FN3O3/c19-12-5-1-3-10(7-12)13-8-14(13)17(24)22-6-2-4-11(9-22)15-16(23)21-18(25)20-15/h1,3,5,7,11,13-15H,2,4,6,8-9H2,(H2,20,21,23,25). The summed E-state index contributed by atoms with van der Waals surface area (Å²) in [6, 6.07) is 5.41. The Morgan fingerprint density at radius 1 is 1.28 bits per heavy atom. The lowest BCUT2D eigenvalue weighted by Crippen LogP contribution is -2.48. The van der Waals surface area contributed by atoms with E-state index in [-0.39, 0.29) is 35.4 Å². The van der Waals surface area contributed by atoms with Gasteiger partial charge >= 0.3 is 6.03 Å². The first kappa shape index (κ1) is 16.1. The second-order valence-corrected chi connectivity index (χ2v) is 7.13. The van der Waals surface area contributed by atoms with E-state index < -0.39 is 12.1 Å². The summed E-state index contributed by atoms with van der Waals surface area (Å²) < 4.78 is 13.4. The van der Waals surface area contributed by atoms with Gasteiger partial charge in [-0.3, -0.25) is 14.9 Å². The van der Waals surface area contributed by atoms with Gasteiger partial charge in [0, 0.05) is 24.9 Å². The molecule has 1 aromatic carbocycles. The third-order valence-corrected chi connectivity index (χ3v) is 5.43. The zero-order valence-corrected chi connectivity index (χ0v) is 13.7. The topological polar surface area (TPSA) is 78.5 Å². The van der Waals surface area contributed by atoms with E-state index in [9.17, 15) is 18.8 Å². The van der Waals surface area contributed by atoms with Crippen LogP contribution in [-0.2, 0) is 9.59 Å². The minimum Gasteiger partial charge on any atom is -0.342 e. The highest BCUT2D eigenvalue weighted by atomic mass is 19.1. The van der Waals surface area contributed by atoms with Crippen LogP contribution in [-0.4, -0.2) is 41.9 Å². The van der Waals surface area contributed by atoms with Gasteiger partial charge < -0.3 is 10.2 Å². The molecule has 1 aromatic rings. The SMILES string of the molecule is O=C1NC(=O)C(C2CCCN(C(=O)C3CC3c3cccc(F)c3)C2)N1. The van der Waals surface area contributed by atoms with Gasteiger partial charge in [0.15, 0.2) is 0 Å². The van der Waals surface area contributed by atoms with Crippen LogP contribution < -0.4 is 10.6 Å². The van der Waals surface area contributed by atoms with Gasteiger partial charge in [-0.2, -0.15) is 0 Å². The molecule has 2 aliphatic heterocycles. The number of nitrogens with zero attached hydrogens (tertiary/aromatic N) is 1. The van der Waals surface area contributed by atoms with E-state index in [1.807, 2.05) is 6.07 Å². The molecule has 0 aromatic heterocycles. The van der Waals surface area contributed by atoms with Crippen molar-refractivity contribution >= 4 is 17.8 Å². The van der Waals surface area contributed by atoms with Gasteiger partial charge in [0.25, 0.3) is 5.91 Å². The molecule has 1 saturated carbocycles. The Balaban J connectivity index is 1.40. The van der Waals surface area contributed by atoms with Gasteiger partial charge in [0.05, 0.1) is 0 Å². The Morgan fingerprint density at radius 3 is 2.84 bits per heavy atom. The Labute approximate surface area is 144 Å². The molecule has 7 heteroatoms. The molecule has 2 N–H and O–H groups in total. The third-order valence-electron chi connectivity index (χ3n) is 5.43. The zero-order valence-electron chi connectivity index (χ0n) is 13.7. The van der Waals surface area contributed by atoms with Gasteiger partial charge in [-0.05, 0) is 42.9 Å². The van der Waals surface area contributed by atoms with E-state index in [1.165, 1.54) is 12.1 Å². The van der Waals surface area contributed by atoms with Crippen LogP contribution in [0.2, 0.25) is 0 Å². The van der Waals surface area contributed by atoms with Crippen LogP contribution >= 0.6 is 0 Å². The van der Waals surface area contributed by atoms with Crippen molar-refractivity contribution < 1.29 is 18.8 Å². The highest BCUT2D eigenvalue weighted by molar-refractivity contribution is 6.04. The van der Waals surface area contributed by atoms with E-state index in [4.69, 9.17) is 0 Å². The number of benzene rings is 1. The van der Waals surface area contributed by atoms with Gasteiger partial charge in [-0.1, -0.05) is 12.1 Å². The molecule has 132 valence electrons. The lowest BCUT2D eigenvalue weighted by Gasteiger charge is -2.34. The fraction of sp³-hybridized carbons (Fsp3) is 0.500. The summed E-state index contributed by atoms with van der Waals surface area (Å²) in [6.45, 7) is 1.15. The highest BCUT2D eigenvalue weighted by Gasteiger charge is 2.47. The molecule has 0 bridgehead atoms. The Bertz CT molecular complexity index is 738. The first-order chi connectivity index (χ1) is 12.0. The van der Waals surface area contributed by atoms with E-state index in [1.54, 1.807) is 11.0 Å². The fourth-order valence-electron chi connectivity index (χ4n) is 4.05. The Hall–Kier alpha value is -2.44. The number of carbonyl (C=O) groups excluding carboxylic acids is 3. The van der Waals surface area contributed by atoms with Crippen molar-refractivity contribution in [2.24, 2.45) is 11.8 Å². The lowest BCUT2D eigenvalue weighted by atomic mass is 9.90. The van der Waals surface area contributed by atoms with E-state index in [2.05, 4.69) is 10.6 Å². The maximum absolute atomic E-state index is 13.4. The van der Waals surface area contributed by atoms with E-state index in [0.717, 1.165) is 24.8 Å². The number of carbonyl (C=O) groups is 3. The molecule has 1 aliphatic carbocycles. The maximum atomic E-state index is 13.4. The molecule has 3 aliphatic rings. The van der Waals surface area contributed by atoms with Crippen LogP contribution in [0.3, 0.4) is 0 Å². The van der Waals surface area contributed by atoms with Crippen molar-refractivity contribution in [3.8, 4) is 0 Å². The third kappa shape index (κ3) is 3.10. The van der Waals surface area contributed by atoms with Crippen LogP contribution in [0.5, 0.6) is 0 Å². The monoisotopic (exact) mass is 345 g/mol. The average molecular weight is 345 g/mol. The number of halogens is 1. The van der Waals surface area contributed by atoms with Crippen LogP contribution in [0, 0.1) is 17.7 Å². The molecule has 4 amide bonds. The molecular formula is C18H20FN3O3. The van der Waals surface area contributed by atoms with Crippen molar-refractivity contribution in [1.82, 2.24) is 15.5 Å². The number of hydrogen-bond acceptors (Lipinski definition) is 3. The number of likely N-dealkylation sites (tertiary alicyclic amines) is 1. The van der Waals surface area contributed by atoms with Crippen LogP contribution in [0.1, 0.15) is 30.7 Å².